The lowest BCUT2D eigenvalue weighted by Gasteiger charge is -2.11. The molecule has 1 aliphatic rings. The first-order valence-corrected chi connectivity index (χ1v) is 11.1. The van der Waals surface area contributed by atoms with Gasteiger partial charge in [-0.3, -0.25) is 3.97 Å². The quantitative estimate of drug-likeness (QED) is 0.396. The molecule has 0 saturated carbocycles. The van der Waals surface area contributed by atoms with E-state index in [9.17, 15) is 4.39 Å². The van der Waals surface area contributed by atoms with Crippen molar-refractivity contribution in [1.29, 1.82) is 0 Å². The van der Waals surface area contributed by atoms with E-state index in [1.165, 1.54) is 17.2 Å². The van der Waals surface area contributed by atoms with Gasteiger partial charge in [-0.1, -0.05) is 30.3 Å². The van der Waals surface area contributed by atoms with Gasteiger partial charge in [0.15, 0.2) is 0 Å². The van der Waals surface area contributed by atoms with E-state index in [2.05, 4.69) is 58.0 Å². The molecule has 2 heterocycles. The number of ether oxygens (including phenoxy) is 1. The molecule has 0 saturated heterocycles. The van der Waals surface area contributed by atoms with E-state index in [4.69, 9.17) is 4.74 Å². The van der Waals surface area contributed by atoms with Gasteiger partial charge in [-0.15, -0.1) is 0 Å². The summed E-state index contributed by atoms with van der Waals surface area (Å²) in [5, 5.41) is 3.18. The predicted octanol–water partition coefficient (Wildman–Crippen LogP) is 6.17. The summed E-state index contributed by atoms with van der Waals surface area (Å²) in [4.78, 5) is 1.10. The van der Waals surface area contributed by atoms with Crippen LogP contribution in [0.1, 0.15) is 11.1 Å². The monoisotopic (exact) mass is 430 g/mol. The number of aromatic nitrogens is 1. The SMILES string of the molecule is CNCc1cc(-c2ccccc2F)n(Sc2cccc(-c3ccc4c(c3)CCO4)c2)c1. The van der Waals surface area contributed by atoms with Gasteiger partial charge >= 0.3 is 0 Å². The zero-order valence-corrected chi connectivity index (χ0v) is 18.1. The maximum absolute atomic E-state index is 14.5. The number of nitrogens with zero attached hydrogens (tertiary/aromatic N) is 1. The van der Waals surface area contributed by atoms with Crippen LogP contribution in [0.2, 0.25) is 0 Å². The largest absolute Gasteiger partial charge is 0.493 e. The average Bonchev–Trinajstić information content (AvgIpc) is 3.41. The van der Waals surface area contributed by atoms with Crippen molar-refractivity contribution in [3.8, 4) is 28.1 Å². The summed E-state index contributed by atoms with van der Waals surface area (Å²) in [6.07, 6.45) is 3.03. The van der Waals surface area contributed by atoms with Crippen LogP contribution in [0.5, 0.6) is 5.75 Å². The smallest absolute Gasteiger partial charge is 0.132 e. The lowest BCUT2D eigenvalue weighted by atomic mass is 10.0. The van der Waals surface area contributed by atoms with Crippen LogP contribution >= 0.6 is 11.9 Å². The normalized spacial score (nSPS) is 12.6. The second-order valence-electron chi connectivity index (χ2n) is 7.61. The molecule has 4 aromatic rings. The van der Waals surface area contributed by atoms with Gasteiger partial charge in [0.05, 0.1) is 12.3 Å². The fraction of sp³-hybridized carbons (Fsp3) is 0.154. The molecule has 1 aromatic heterocycles. The summed E-state index contributed by atoms with van der Waals surface area (Å²) in [5.74, 6) is 0.779. The van der Waals surface area contributed by atoms with Crippen LogP contribution in [0.25, 0.3) is 22.4 Å². The molecular weight excluding hydrogens is 407 g/mol. The van der Waals surface area contributed by atoms with Crippen LogP contribution in [0.3, 0.4) is 0 Å². The summed E-state index contributed by atoms with van der Waals surface area (Å²) >= 11 is 1.60. The van der Waals surface area contributed by atoms with Crippen molar-refractivity contribution in [2.75, 3.05) is 13.7 Å². The molecule has 156 valence electrons. The van der Waals surface area contributed by atoms with Gasteiger partial charge in [-0.05, 0) is 83.7 Å². The molecule has 0 bridgehead atoms. The minimum atomic E-state index is -0.215. The summed E-state index contributed by atoms with van der Waals surface area (Å²) in [6, 6.07) is 23.8. The van der Waals surface area contributed by atoms with Crippen LogP contribution in [-0.2, 0) is 13.0 Å². The predicted molar refractivity (Wildman–Crippen MR) is 125 cm³/mol. The lowest BCUT2D eigenvalue weighted by molar-refractivity contribution is 0.357. The minimum Gasteiger partial charge on any atom is -0.493 e. The highest BCUT2D eigenvalue weighted by Crippen LogP contribution is 2.35. The van der Waals surface area contributed by atoms with Gasteiger partial charge in [-0.25, -0.2) is 4.39 Å². The Morgan fingerprint density at radius 3 is 2.74 bits per heavy atom. The number of nitrogens with one attached hydrogen (secondary N) is 1. The Bertz CT molecular complexity index is 1230. The molecule has 1 N–H and O–H groups in total. The molecule has 31 heavy (non-hydrogen) atoms. The van der Waals surface area contributed by atoms with Crippen molar-refractivity contribution in [1.82, 2.24) is 9.29 Å². The van der Waals surface area contributed by atoms with Gasteiger partial charge < -0.3 is 10.1 Å². The van der Waals surface area contributed by atoms with Crippen molar-refractivity contribution < 1.29 is 9.13 Å². The van der Waals surface area contributed by atoms with E-state index < -0.39 is 0 Å². The molecule has 0 atom stereocenters. The molecule has 5 heteroatoms. The summed E-state index contributed by atoms with van der Waals surface area (Å²) in [6.45, 7) is 1.49. The summed E-state index contributed by atoms with van der Waals surface area (Å²) < 4.78 is 22.2. The Kier molecular flexibility index (Phi) is 5.53. The van der Waals surface area contributed by atoms with Gasteiger partial charge in [0.1, 0.15) is 11.6 Å². The van der Waals surface area contributed by atoms with Crippen molar-refractivity contribution >= 4 is 11.9 Å². The molecule has 0 spiro atoms. The Hall–Kier alpha value is -3.02. The Labute approximate surface area is 186 Å². The molecule has 0 amide bonds. The highest BCUT2D eigenvalue weighted by molar-refractivity contribution is 7.98. The van der Waals surface area contributed by atoms with Gasteiger partial charge in [0, 0.05) is 29.6 Å². The van der Waals surface area contributed by atoms with E-state index in [0.29, 0.717) is 5.56 Å². The first-order valence-electron chi connectivity index (χ1n) is 10.4. The van der Waals surface area contributed by atoms with Crippen LogP contribution in [-0.4, -0.2) is 17.6 Å². The first-order chi connectivity index (χ1) is 15.2. The summed E-state index contributed by atoms with van der Waals surface area (Å²) in [5.41, 5.74) is 6.18. The van der Waals surface area contributed by atoms with Crippen LogP contribution in [0.4, 0.5) is 4.39 Å². The molecule has 0 fully saturated rings. The second kappa shape index (κ2) is 8.61. The first kappa shape index (κ1) is 19.9. The zero-order chi connectivity index (χ0) is 21.2. The van der Waals surface area contributed by atoms with Crippen LogP contribution < -0.4 is 10.1 Å². The van der Waals surface area contributed by atoms with Crippen molar-refractivity contribution in [2.45, 2.75) is 17.9 Å². The lowest BCUT2D eigenvalue weighted by Crippen LogP contribution is -2.03. The number of hydrogen-bond acceptors (Lipinski definition) is 3. The average molecular weight is 431 g/mol. The maximum Gasteiger partial charge on any atom is 0.132 e. The summed E-state index contributed by atoms with van der Waals surface area (Å²) in [7, 11) is 1.92. The molecule has 0 unspecified atom stereocenters. The van der Waals surface area contributed by atoms with Crippen LogP contribution in [0.15, 0.2) is 83.9 Å². The van der Waals surface area contributed by atoms with Gasteiger partial charge in [0.2, 0.25) is 0 Å². The van der Waals surface area contributed by atoms with E-state index in [0.717, 1.165) is 47.0 Å². The molecule has 0 aliphatic carbocycles. The Morgan fingerprint density at radius 1 is 1.00 bits per heavy atom. The second-order valence-corrected chi connectivity index (χ2v) is 8.66. The van der Waals surface area contributed by atoms with Crippen molar-refractivity contribution in [3.05, 3.63) is 95.9 Å². The zero-order valence-electron chi connectivity index (χ0n) is 17.3. The molecular formula is C26H23FN2OS. The van der Waals surface area contributed by atoms with E-state index in [1.54, 1.807) is 18.0 Å². The highest BCUT2D eigenvalue weighted by atomic mass is 32.2. The van der Waals surface area contributed by atoms with E-state index >= 15 is 0 Å². The van der Waals surface area contributed by atoms with Gasteiger partial charge in [-0.2, -0.15) is 0 Å². The Balaban J connectivity index is 1.49. The fourth-order valence-electron chi connectivity index (χ4n) is 3.95. The van der Waals surface area contributed by atoms with Crippen LogP contribution in [0, 0.1) is 5.82 Å². The molecule has 5 rings (SSSR count). The number of benzene rings is 3. The van der Waals surface area contributed by atoms with Crippen molar-refractivity contribution in [2.24, 2.45) is 0 Å². The number of hydrogen-bond donors (Lipinski definition) is 1. The topological polar surface area (TPSA) is 26.2 Å². The Morgan fingerprint density at radius 2 is 1.87 bits per heavy atom. The van der Waals surface area contributed by atoms with E-state index in [-0.39, 0.29) is 5.82 Å². The minimum absolute atomic E-state index is 0.215. The highest BCUT2D eigenvalue weighted by Gasteiger charge is 2.15. The molecule has 1 aliphatic heterocycles. The third-order valence-electron chi connectivity index (χ3n) is 5.43. The number of rotatable bonds is 6. The third kappa shape index (κ3) is 4.11. The van der Waals surface area contributed by atoms with Crippen molar-refractivity contribution in [3.63, 3.8) is 0 Å². The van der Waals surface area contributed by atoms with E-state index in [1.807, 2.05) is 25.2 Å². The molecule has 3 nitrogen and oxygen atoms in total. The number of fused-ring (bicyclic) bond motifs is 1. The third-order valence-corrected chi connectivity index (χ3v) is 6.40. The number of halogens is 1. The maximum atomic E-state index is 14.5. The fourth-order valence-corrected chi connectivity index (χ4v) is 4.93. The molecule has 0 radical (unpaired) electrons. The molecule has 3 aromatic carbocycles. The van der Waals surface area contributed by atoms with Gasteiger partial charge in [0.25, 0.3) is 0 Å². The standard InChI is InChI=1S/C26H23FN2OS/c1-28-16-18-13-25(23-7-2-3-8-24(23)27)29(17-18)31-22-6-4-5-19(15-22)20-9-10-26-21(14-20)11-12-30-26/h2-10,13-15,17,28H,11-12,16H2,1H3.